The molecule has 0 unspecified atom stereocenters. The molecule has 47 heavy (non-hydrogen) atoms. The van der Waals surface area contributed by atoms with Crippen molar-refractivity contribution < 1.29 is 46.1 Å². The second-order valence-electron chi connectivity index (χ2n) is 11.5. The predicted octanol–water partition coefficient (Wildman–Crippen LogP) is 3.99. The van der Waals surface area contributed by atoms with Gasteiger partial charge < -0.3 is 38.5 Å². The van der Waals surface area contributed by atoms with Crippen molar-refractivity contribution in [2.24, 2.45) is 0 Å². The average Bonchev–Trinajstić information content (AvgIpc) is 3.03. The molecule has 5 rings (SSSR count). The summed E-state index contributed by atoms with van der Waals surface area (Å²) in [6.45, 7) is 3.71. The highest BCUT2D eigenvalue weighted by Crippen LogP contribution is 2.38. The summed E-state index contributed by atoms with van der Waals surface area (Å²) in [5.41, 5.74) is 2.31. The van der Waals surface area contributed by atoms with E-state index in [2.05, 4.69) is 9.64 Å². The van der Waals surface area contributed by atoms with Crippen LogP contribution in [0.25, 0.3) is 10.8 Å². The topological polar surface area (TPSA) is 110 Å². The Bertz CT molecular complexity index is 1620. The first-order valence-corrected chi connectivity index (χ1v) is 15.0. The number of alkyl halides is 3. The summed E-state index contributed by atoms with van der Waals surface area (Å²) in [6.07, 6.45) is -6.37. The third-order valence-corrected chi connectivity index (χ3v) is 7.80. The number of nitrogens with zero attached hydrogens (tertiary/aromatic N) is 6. The van der Waals surface area contributed by atoms with Gasteiger partial charge in [0, 0.05) is 74.5 Å². The lowest BCUT2D eigenvalue weighted by Crippen LogP contribution is -2.50. The van der Waals surface area contributed by atoms with Gasteiger partial charge in [-0.15, -0.1) is 0 Å². The highest BCUT2D eigenvalue weighted by Gasteiger charge is 2.43. The number of fused-ring (bicyclic) bond motifs is 2. The van der Waals surface area contributed by atoms with E-state index in [1.807, 2.05) is 43.0 Å². The van der Waals surface area contributed by atoms with E-state index >= 15 is 4.39 Å². The van der Waals surface area contributed by atoms with Crippen LogP contribution in [0.3, 0.4) is 0 Å². The Hall–Kier alpha value is -4.44. The fourth-order valence-electron chi connectivity index (χ4n) is 5.73. The van der Waals surface area contributed by atoms with Crippen LogP contribution in [0.4, 0.5) is 33.9 Å². The fraction of sp³-hybridized carbons (Fsp3) is 0.484. The van der Waals surface area contributed by atoms with Gasteiger partial charge in [-0.05, 0) is 27.4 Å². The molecule has 3 heterocycles. The molecule has 0 aliphatic carbocycles. The molecule has 2 aliphatic heterocycles. The van der Waals surface area contributed by atoms with Crippen molar-refractivity contribution in [1.29, 1.82) is 0 Å². The number of carbonyl (C=O) groups is 2. The molecule has 0 saturated carbocycles. The van der Waals surface area contributed by atoms with Crippen LogP contribution in [0.1, 0.15) is 18.2 Å². The molecule has 16 heteroatoms. The molecule has 1 saturated heterocycles. The summed E-state index contributed by atoms with van der Waals surface area (Å²) < 4.78 is 73.9. The van der Waals surface area contributed by atoms with Crippen LogP contribution in [0.2, 0.25) is 0 Å². The summed E-state index contributed by atoms with van der Waals surface area (Å²) in [5.74, 6) is -2.39. The summed E-state index contributed by atoms with van der Waals surface area (Å²) in [5, 5.41) is 1.11. The molecule has 2 aliphatic rings. The number of amides is 1. The summed E-state index contributed by atoms with van der Waals surface area (Å²) in [6, 6.07) is 8.94. The van der Waals surface area contributed by atoms with Gasteiger partial charge in [0.15, 0.2) is 18.4 Å². The molecule has 1 atom stereocenters. The smallest absolute Gasteiger partial charge is 0.464 e. The van der Waals surface area contributed by atoms with Gasteiger partial charge in [-0.25, -0.2) is 14.0 Å². The largest absolute Gasteiger partial charge is 0.491 e. The number of hydrogen-bond donors (Lipinski definition) is 0. The van der Waals surface area contributed by atoms with E-state index in [1.54, 1.807) is 18.2 Å². The Morgan fingerprint density at radius 2 is 1.72 bits per heavy atom. The molecule has 254 valence electrons. The van der Waals surface area contributed by atoms with Crippen molar-refractivity contribution in [3.63, 3.8) is 0 Å². The van der Waals surface area contributed by atoms with Crippen molar-refractivity contribution in [3.8, 4) is 11.8 Å². The molecule has 0 radical (unpaired) electrons. The maximum atomic E-state index is 15.3. The van der Waals surface area contributed by atoms with Crippen molar-refractivity contribution >= 4 is 34.3 Å². The number of methoxy groups -OCH3 is 1. The monoisotopic (exact) mass is 664 g/mol. The predicted molar refractivity (Wildman–Crippen MR) is 163 cm³/mol. The number of ether oxygens (including phenoxy) is 4. The lowest BCUT2D eigenvalue weighted by molar-refractivity contribution is -0.193. The molecule has 0 N–H and O–H groups in total. The third-order valence-electron chi connectivity index (χ3n) is 7.80. The van der Waals surface area contributed by atoms with Gasteiger partial charge in [-0.2, -0.15) is 23.1 Å². The molecule has 12 nitrogen and oxygen atoms in total. The molecular formula is C31H36F4N6O6. The Kier molecular flexibility index (Phi) is 10.2. The Morgan fingerprint density at radius 3 is 2.38 bits per heavy atom. The fourth-order valence-corrected chi connectivity index (χ4v) is 5.73. The number of carbonyl (C=O) groups excluding carboxylic acids is 2. The Morgan fingerprint density at radius 1 is 1.02 bits per heavy atom. The summed E-state index contributed by atoms with van der Waals surface area (Å²) >= 11 is 0. The second kappa shape index (κ2) is 14.1. The number of rotatable bonds is 9. The molecule has 0 bridgehead atoms. The molecule has 1 aromatic heterocycles. The number of likely N-dealkylation sites (N-methyl/N-ethyl adjacent to an activating group) is 1. The lowest BCUT2D eigenvalue weighted by atomic mass is 10.0. The van der Waals surface area contributed by atoms with Crippen LogP contribution >= 0.6 is 0 Å². The Labute approximate surface area is 268 Å². The van der Waals surface area contributed by atoms with E-state index in [0.29, 0.717) is 48.3 Å². The molecule has 1 fully saturated rings. The van der Waals surface area contributed by atoms with Gasteiger partial charge >= 0.3 is 24.2 Å². The van der Waals surface area contributed by atoms with Crippen LogP contribution in [0.15, 0.2) is 30.3 Å². The van der Waals surface area contributed by atoms with Crippen LogP contribution in [-0.4, -0.2) is 111 Å². The number of aromatic nitrogens is 2. The number of benzene rings is 2. The minimum Gasteiger partial charge on any atom is -0.464 e. The van der Waals surface area contributed by atoms with Gasteiger partial charge in [0.25, 0.3) is 0 Å². The zero-order valence-corrected chi connectivity index (χ0v) is 26.5. The van der Waals surface area contributed by atoms with Crippen LogP contribution in [-0.2, 0) is 27.2 Å². The average molecular weight is 665 g/mol. The van der Waals surface area contributed by atoms with Crippen molar-refractivity contribution in [2.45, 2.75) is 32.2 Å². The molecule has 0 spiro atoms. The van der Waals surface area contributed by atoms with Crippen molar-refractivity contribution in [3.05, 3.63) is 47.4 Å². The first-order chi connectivity index (χ1) is 22.3. The zero-order valence-electron chi connectivity index (χ0n) is 26.5. The van der Waals surface area contributed by atoms with E-state index in [4.69, 9.17) is 24.2 Å². The maximum Gasteiger partial charge on any atom is 0.491 e. The Balaban J connectivity index is 1.44. The van der Waals surface area contributed by atoms with Gasteiger partial charge in [-0.1, -0.05) is 24.3 Å². The molecular weight excluding hydrogens is 628 g/mol. The molecule has 2 aromatic carbocycles. The van der Waals surface area contributed by atoms with Gasteiger partial charge in [-0.3, -0.25) is 0 Å². The third kappa shape index (κ3) is 7.76. The van der Waals surface area contributed by atoms with Gasteiger partial charge in [0.1, 0.15) is 11.9 Å². The number of piperazine rings is 1. The van der Waals surface area contributed by atoms with Crippen molar-refractivity contribution in [2.75, 3.05) is 77.1 Å². The van der Waals surface area contributed by atoms with E-state index in [0.717, 1.165) is 16.2 Å². The molecule has 3 aromatic rings. The number of anilines is 2. The maximum absolute atomic E-state index is 15.3. The first kappa shape index (κ1) is 33.9. The van der Waals surface area contributed by atoms with Gasteiger partial charge in [0.05, 0.1) is 12.2 Å². The lowest BCUT2D eigenvalue weighted by Gasteiger charge is -2.38. The molecule has 1 amide bonds. The number of halogens is 4. The minimum atomic E-state index is -5.27. The quantitative estimate of drug-likeness (QED) is 0.143. The minimum absolute atomic E-state index is 0.00785. The highest BCUT2D eigenvalue weighted by atomic mass is 19.4. The number of esters is 1. The zero-order chi connectivity index (χ0) is 33.9. The van der Waals surface area contributed by atoms with E-state index in [-0.39, 0.29) is 50.8 Å². The van der Waals surface area contributed by atoms with E-state index < -0.39 is 24.1 Å². The van der Waals surface area contributed by atoms with Crippen LogP contribution in [0, 0.1) is 5.82 Å². The van der Waals surface area contributed by atoms with Gasteiger partial charge in [0.2, 0.25) is 0 Å². The van der Waals surface area contributed by atoms with Crippen LogP contribution < -0.4 is 19.3 Å². The highest BCUT2D eigenvalue weighted by molar-refractivity contribution is 5.96. The SMILES string of the molecule is COCOc1cc(N2CCc3c(nc(O[C@H](C)CN(C)C)nc3N3CCN(C(=O)OC(=O)C(F)(F)F)CC3)C2)c2ccccc2c1F. The van der Waals surface area contributed by atoms with E-state index in [1.165, 1.54) is 7.11 Å². The first-order valence-electron chi connectivity index (χ1n) is 15.0. The standard InChI is InChI=1S/C31H36F4N6O6/c1-19(16-38(2)3)46-29-36-23-17-41(24-15-25(45-18-44-4)26(32)21-8-6-5-7-20(21)24)10-9-22(23)27(37-29)39-11-13-40(14-12-39)30(43)47-28(42)31(33,34)35/h5-8,15,19H,9-14,16-18H2,1-4H3/t19-/m1/s1. The second-order valence-corrected chi connectivity index (χ2v) is 11.5. The van der Waals surface area contributed by atoms with Crippen molar-refractivity contribution in [1.82, 2.24) is 19.8 Å². The normalized spacial score (nSPS) is 15.9. The van der Waals surface area contributed by atoms with Crippen LogP contribution in [0.5, 0.6) is 11.8 Å². The van der Waals surface area contributed by atoms with E-state index in [9.17, 15) is 22.8 Å². The summed E-state index contributed by atoms with van der Waals surface area (Å²) in [7, 11) is 5.29. The number of hydrogen-bond acceptors (Lipinski definition) is 11. The summed E-state index contributed by atoms with van der Waals surface area (Å²) in [4.78, 5) is 39.9.